The van der Waals surface area contributed by atoms with Crippen LogP contribution in [0.1, 0.15) is 40.7 Å². The van der Waals surface area contributed by atoms with E-state index in [-0.39, 0.29) is 11.9 Å². The second kappa shape index (κ2) is 12.0. The Kier molecular flexibility index (Phi) is 8.60. The Bertz CT molecular complexity index is 1030. The molecule has 4 rings (SSSR count). The van der Waals surface area contributed by atoms with Crippen LogP contribution < -0.4 is 20.9 Å². The molecule has 3 N–H and O–H groups in total. The molecule has 0 radical (unpaired) electrons. The summed E-state index contributed by atoms with van der Waals surface area (Å²) in [5.74, 6) is -0.104. The monoisotopic (exact) mass is 479 g/mol. The number of aryl methyl sites for hydroxylation is 1. The van der Waals surface area contributed by atoms with Gasteiger partial charge < -0.3 is 25.6 Å². The average molecular weight is 480 g/mol. The predicted octanol–water partition coefficient (Wildman–Crippen LogP) is 4.00. The first-order valence-electron chi connectivity index (χ1n) is 12.6. The highest BCUT2D eigenvalue weighted by molar-refractivity contribution is 6.04. The molecule has 0 atom stereocenters. The fourth-order valence-corrected chi connectivity index (χ4v) is 4.63. The molecule has 2 aliphatic rings. The van der Waals surface area contributed by atoms with E-state index in [4.69, 9.17) is 4.74 Å². The lowest BCUT2D eigenvalue weighted by molar-refractivity contribution is 0.0374. The number of hydrogen-bond donors (Lipinski definition) is 3. The molecule has 0 aliphatic carbocycles. The summed E-state index contributed by atoms with van der Waals surface area (Å²) in [6, 6.07) is 11.1. The smallest absolute Gasteiger partial charge is 0.323 e. The molecule has 0 unspecified atom stereocenters. The molecular weight excluding hydrogens is 442 g/mol. The first kappa shape index (κ1) is 25.0. The Morgan fingerprint density at radius 2 is 1.74 bits per heavy atom. The number of morpholine rings is 1. The van der Waals surface area contributed by atoms with Crippen molar-refractivity contribution in [2.45, 2.75) is 33.1 Å². The number of hydrogen-bond acceptors (Lipinski definition) is 5. The van der Waals surface area contributed by atoms with Gasteiger partial charge in [-0.25, -0.2) is 4.79 Å². The lowest BCUT2D eigenvalue weighted by Gasteiger charge is -2.26. The van der Waals surface area contributed by atoms with Crippen LogP contribution in [0, 0.1) is 13.8 Å². The topological polar surface area (TPSA) is 85.9 Å². The molecule has 2 aromatic rings. The summed E-state index contributed by atoms with van der Waals surface area (Å²) in [4.78, 5) is 30.5. The summed E-state index contributed by atoms with van der Waals surface area (Å²) in [6.45, 7) is 10.9. The summed E-state index contributed by atoms with van der Waals surface area (Å²) in [6.07, 6.45) is 3.14. The highest BCUT2D eigenvalue weighted by Crippen LogP contribution is 2.28. The second-order valence-corrected chi connectivity index (χ2v) is 9.32. The molecule has 2 fully saturated rings. The van der Waals surface area contributed by atoms with Gasteiger partial charge in [0.25, 0.3) is 5.91 Å². The van der Waals surface area contributed by atoms with Crippen molar-refractivity contribution in [3.63, 3.8) is 0 Å². The van der Waals surface area contributed by atoms with Crippen LogP contribution in [0.5, 0.6) is 0 Å². The quantitative estimate of drug-likeness (QED) is 0.499. The van der Waals surface area contributed by atoms with Crippen LogP contribution in [0.25, 0.3) is 0 Å². The first-order valence-corrected chi connectivity index (χ1v) is 12.6. The minimum Gasteiger partial charge on any atom is -0.379 e. The van der Waals surface area contributed by atoms with Crippen LogP contribution in [0.4, 0.5) is 21.9 Å². The van der Waals surface area contributed by atoms with Crippen molar-refractivity contribution in [1.29, 1.82) is 0 Å². The summed E-state index contributed by atoms with van der Waals surface area (Å²) < 4.78 is 5.40. The van der Waals surface area contributed by atoms with Gasteiger partial charge in [-0.1, -0.05) is 12.1 Å². The highest BCUT2D eigenvalue weighted by Gasteiger charge is 2.21. The largest absolute Gasteiger partial charge is 0.379 e. The van der Waals surface area contributed by atoms with Crippen LogP contribution in [-0.2, 0) is 4.74 Å². The van der Waals surface area contributed by atoms with Crippen LogP contribution in [0.2, 0.25) is 0 Å². The molecular formula is C27H37N5O3. The SMILES string of the molecule is Cc1cccc(NC(=O)Nc2ccc(N3CCCC3)c(C(=O)NCCCN3CCOCC3)c2)c1C. The van der Waals surface area contributed by atoms with Crippen LogP contribution in [0.3, 0.4) is 0 Å². The van der Waals surface area contributed by atoms with E-state index in [1.807, 2.05) is 44.2 Å². The maximum atomic E-state index is 13.2. The van der Waals surface area contributed by atoms with Crippen molar-refractivity contribution in [2.24, 2.45) is 0 Å². The molecule has 188 valence electrons. The maximum absolute atomic E-state index is 13.2. The third-order valence-electron chi connectivity index (χ3n) is 6.84. The predicted molar refractivity (Wildman–Crippen MR) is 141 cm³/mol. The summed E-state index contributed by atoms with van der Waals surface area (Å²) >= 11 is 0. The van der Waals surface area contributed by atoms with Gasteiger partial charge in [-0.2, -0.15) is 0 Å². The van der Waals surface area contributed by atoms with Gasteiger partial charge in [-0.3, -0.25) is 9.69 Å². The maximum Gasteiger partial charge on any atom is 0.323 e. The molecule has 8 nitrogen and oxygen atoms in total. The fraction of sp³-hybridized carbons (Fsp3) is 0.481. The number of anilines is 3. The standard InChI is InChI=1S/C27H37N5O3/c1-20-7-5-8-24(21(20)2)30-27(34)29-22-9-10-25(32-13-3-4-14-32)23(19-22)26(33)28-11-6-12-31-15-17-35-18-16-31/h5,7-10,19H,3-4,6,11-18H2,1-2H3,(H,28,33)(H2,29,30,34). The van der Waals surface area contributed by atoms with Crippen molar-refractivity contribution in [3.8, 4) is 0 Å². The summed E-state index contributed by atoms with van der Waals surface area (Å²) in [5.41, 5.74) is 5.04. The number of rotatable bonds is 8. The van der Waals surface area contributed by atoms with E-state index in [2.05, 4.69) is 25.8 Å². The molecule has 2 saturated heterocycles. The van der Waals surface area contributed by atoms with E-state index in [1.54, 1.807) is 6.07 Å². The third kappa shape index (κ3) is 6.74. The zero-order valence-electron chi connectivity index (χ0n) is 20.9. The van der Waals surface area contributed by atoms with Crippen molar-refractivity contribution in [2.75, 3.05) is 68.0 Å². The van der Waals surface area contributed by atoms with Crippen molar-refractivity contribution < 1.29 is 14.3 Å². The van der Waals surface area contributed by atoms with Crippen molar-refractivity contribution in [3.05, 3.63) is 53.1 Å². The Hall–Kier alpha value is -3.10. The molecule has 0 aromatic heterocycles. The number of ether oxygens (including phenoxy) is 1. The molecule has 0 bridgehead atoms. The van der Waals surface area contributed by atoms with E-state index in [9.17, 15) is 9.59 Å². The van der Waals surface area contributed by atoms with Gasteiger partial charge >= 0.3 is 6.03 Å². The van der Waals surface area contributed by atoms with Gasteiger partial charge in [0, 0.05) is 49.8 Å². The zero-order valence-corrected chi connectivity index (χ0v) is 20.9. The Morgan fingerprint density at radius 3 is 2.51 bits per heavy atom. The molecule has 8 heteroatoms. The minimum atomic E-state index is -0.329. The summed E-state index contributed by atoms with van der Waals surface area (Å²) in [7, 11) is 0. The number of benzene rings is 2. The Balaban J connectivity index is 1.40. The van der Waals surface area contributed by atoms with Gasteiger partial charge in [0.2, 0.25) is 0 Å². The zero-order chi connectivity index (χ0) is 24.6. The number of carbonyl (C=O) groups is 2. The van der Waals surface area contributed by atoms with Crippen LogP contribution in [-0.4, -0.2) is 69.3 Å². The molecule has 2 aliphatic heterocycles. The number of nitrogens with one attached hydrogen (secondary N) is 3. The van der Waals surface area contributed by atoms with Gasteiger partial charge in [-0.15, -0.1) is 0 Å². The third-order valence-corrected chi connectivity index (χ3v) is 6.84. The van der Waals surface area contributed by atoms with E-state index in [0.29, 0.717) is 17.8 Å². The molecule has 3 amide bonds. The Labute approximate surface area is 208 Å². The van der Waals surface area contributed by atoms with E-state index in [1.165, 1.54) is 0 Å². The molecule has 2 aromatic carbocycles. The molecule has 0 saturated carbocycles. The number of urea groups is 1. The minimum absolute atomic E-state index is 0.104. The van der Waals surface area contributed by atoms with Gasteiger partial charge in [0.15, 0.2) is 0 Å². The van der Waals surface area contributed by atoms with Gasteiger partial charge in [0.1, 0.15) is 0 Å². The van der Waals surface area contributed by atoms with Crippen LogP contribution >= 0.6 is 0 Å². The fourth-order valence-electron chi connectivity index (χ4n) is 4.63. The molecule has 0 spiro atoms. The van der Waals surface area contributed by atoms with Crippen molar-refractivity contribution in [1.82, 2.24) is 10.2 Å². The highest BCUT2D eigenvalue weighted by atomic mass is 16.5. The normalized spacial score (nSPS) is 16.2. The van der Waals surface area contributed by atoms with E-state index in [0.717, 1.165) is 87.7 Å². The second-order valence-electron chi connectivity index (χ2n) is 9.32. The Morgan fingerprint density at radius 1 is 0.971 bits per heavy atom. The lowest BCUT2D eigenvalue weighted by atomic mass is 10.1. The lowest BCUT2D eigenvalue weighted by Crippen LogP contribution is -2.38. The number of amides is 3. The van der Waals surface area contributed by atoms with Crippen molar-refractivity contribution >= 4 is 29.0 Å². The van der Waals surface area contributed by atoms with E-state index >= 15 is 0 Å². The first-order chi connectivity index (χ1) is 17.0. The van der Waals surface area contributed by atoms with E-state index < -0.39 is 0 Å². The molecule has 35 heavy (non-hydrogen) atoms. The van der Waals surface area contributed by atoms with Crippen LogP contribution in [0.15, 0.2) is 36.4 Å². The summed E-state index contributed by atoms with van der Waals surface area (Å²) in [5, 5.41) is 8.89. The molecule has 2 heterocycles. The number of carbonyl (C=O) groups excluding carboxylic acids is 2. The van der Waals surface area contributed by atoms with Gasteiger partial charge in [0.05, 0.1) is 18.8 Å². The average Bonchev–Trinajstić information content (AvgIpc) is 3.40. The number of nitrogens with zero attached hydrogens (tertiary/aromatic N) is 2. The van der Waals surface area contributed by atoms with Gasteiger partial charge in [-0.05, 0) is 75.0 Å².